The third-order valence-electron chi connectivity index (χ3n) is 4.16. The van der Waals surface area contributed by atoms with E-state index >= 15 is 0 Å². The maximum absolute atomic E-state index is 12.5. The molecule has 0 radical (unpaired) electrons. The average molecular weight is 347 g/mol. The summed E-state index contributed by atoms with van der Waals surface area (Å²) in [4.78, 5) is 21.8. The number of carbonyl (C=O) groups is 1. The van der Waals surface area contributed by atoms with Crippen LogP contribution in [0.5, 0.6) is 0 Å². The van der Waals surface area contributed by atoms with Crippen molar-refractivity contribution in [1.29, 1.82) is 0 Å². The van der Waals surface area contributed by atoms with E-state index in [9.17, 15) is 4.79 Å². The van der Waals surface area contributed by atoms with Crippen molar-refractivity contribution >= 4 is 39.7 Å². The minimum Gasteiger partial charge on any atom is -0.462 e. The van der Waals surface area contributed by atoms with Gasteiger partial charge in [0, 0.05) is 0 Å². The fourth-order valence-electron chi connectivity index (χ4n) is 3.00. The molecule has 0 amide bonds. The number of esters is 1. The molecule has 0 aliphatic rings. The number of benzene rings is 2. The maximum atomic E-state index is 12.5. The van der Waals surface area contributed by atoms with Gasteiger partial charge in [0.1, 0.15) is 16.9 Å². The minimum absolute atomic E-state index is 0.198. The lowest BCUT2D eigenvalue weighted by Crippen LogP contribution is -2.09. The van der Waals surface area contributed by atoms with Crippen molar-refractivity contribution < 1.29 is 9.53 Å². The molecule has 0 fully saturated rings. The first-order valence-corrected chi connectivity index (χ1v) is 8.20. The summed E-state index contributed by atoms with van der Waals surface area (Å²) >= 11 is 0. The summed E-state index contributed by atoms with van der Waals surface area (Å²) in [5.41, 5.74) is 16.0. The number of carbonyl (C=O) groups excluding carboxylic acids is 1. The zero-order chi connectivity index (χ0) is 18.3. The molecule has 26 heavy (non-hydrogen) atoms. The van der Waals surface area contributed by atoms with Crippen LogP contribution in [0.3, 0.4) is 0 Å². The number of nitrogen functional groups attached to an aromatic ring is 2. The summed E-state index contributed by atoms with van der Waals surface area (Å²) in [6.07, 6.45) is 0. The van der Waals surface area contributed by atoms with Gasteiger partial charge in [-0.3, -0.25) is 4.57 Å². The van der Waals surface area contributed by atoms with Crippen molar-refractivity contribution in [3.8, 4) is 5.69 Å². The quantitative estimate of drug-likeness (QED) is 0.436. The molecule has 4 aromatic rings. The molecule has 4 rings (SSSR count). The number of nitrogens with two attached hydrogens (primary N) is 2. The first kappa shape index (κ1) is 15.9. The molecular formula is C19H17N5O2. The third-order valence-corrected chi connectivity index (χ3v) is 4.16. The van der Waals surface area contributed by atoms with Gasteiger partial charge in [-0.25, -0.2) is 14.8 Å². The third kappa shape index (κ3) is 2.33. The average Bonchev–Trinajstić information content (AvgIpc) is 2.91. The Balaban J connectivity index is 2.14. The second kappa shape index (κ2) is 6.03. The van der Waals surface area contributed by atoms with Gasteiger partial charge in [0.15, 0.2) is 5.65 Å². The van der Waals surface area contributed by atoms with Crippen molar-refractivity contribution in [2.75, 3.05) is 18.1 Å². The molecule has 0 saturated heterocycles. The highest BCUT2D eigenvalue weighted by Crippen LogP contribution is 2.33. The SMILES string of the molecule is CCOC(=O)c1c(N)n(-c2ccccc2N)c2nc3ccccc3nc12. The molecule has 0 atom stereocenters. The Morgan fingerprint density at radius 3 is 2.38 bits per heavy atom. The lowest BCUT2D eigenvalue weighted by molar-refractivity contribution is 0.0529. The lowest BCUT2D eigenvalue weighted by Gasteiger charge is -2.10. The van der Waals surface area contributed by atoms with Crippen LogP contribution in [0.15, 0.2) is 48.5 Å². The minimum atomic E-state index is -0.534. The van der Waals surface area contributed by atoms with Crippen LogP contribution in [0.4, 0.5) is 11.5 Å². The molecule has 0 saturated carbocycles. The molecule has 7 nitrogen and oxygen atoms in total. The van der Waals surface area contributed by atoms with E-state index in [1.165, 1.54) is 0 Å². The van der Waals surface area contributed by atoms with Crippen LogP contribution in [0.25, 0.3) is 27.9 Å². The largest absolute Gasteiger partial charge is 0.462 e. The highest BCUT2D eigenvalue weighted by atomic mass is 16.5. The molecule has 7 heteroatoms. The van der Waals surface area contributed by atoms with E-state index in [-0.39, 0.29) is 18.0 Å². The molecule has 0 spiro atoms. The Morgan fingerprint density at radius 2 is 1.69 bits per heavy atom. The van der Waals surface area contributed by atoms with Crippen LogP contribution in [-0.2, 0) is 4.74 Å². The molecule has 0 aliphatic carbocycles. The normalized spacial score (nSPS) is 11.1. The molecule has 0 bridgehead atoms. The first-order chi connectivity index (χ1) is 12.6. The topological polar surface area (TPSA) is 109 Å². The van der Waals surface area contributed by atoms with Crippen molar-refractivity contribution in [3.05, 3.63) is 54.1 Å². The Labute approximate surface area is 149 Å². The van der Waals surface area contributed by atoms with Gasteiger partial charge in [0.2, 0.25) is 0 Å². The van der Waals surface area contributed by atoms with Gasteiger partial charge in [-0.15, -0.1) is 0 Å². The Kier molecular flexibility index (Phi) is 3.69. The van der Waals surface area contributed by atoms with Crippen molar-refractivity contribution in [3.63, 3.8) is 0 Å². The van der Waals surface area contributed by atoms with Gasteiger partial charge in [0.25, 0.3) is 0 Å². The molecule has 4 N–H and O–H groups in total. The number of para-hydroxylation sites is 4. The number of hydrogen-bond acceptors (Lipinski definition) is 6. The van der Waals surface area contributed by atoms with Crippen LogP contribution in [0.2, 0.25) is 0 Å². The van der Waals surface area contributed by atoms with Crippen LogP contribution in [0, 0.1) is 0 Å². The van der Waals surface area contributed by atoms with E-state index < -0.39 is 5.97 Å². The summed E-state index contributed by atoms with van der Waals surface area (Å²) in [5, 5.41) is 0. The molecule has 2 aromatic heterocycles. The first-order valence-electron chi connectivity index (χ1n) is 8.20. The van der Waals surface area contributed by atoms with E-state index in [4.69, 9.17) is 16.2 Å². The number of rotatable bonds is 3. The lowest BCUT2D eigenvalue weighted by atomic mass is 10.2. The van der Waals surface area contributed by atoms with Gasteiger partial charge >= 0.3 is 5.97 Å². The maximum Gasteiger partial charge on any atom is 0.344 e. The van der Waals surface area contributed by atoms with Crippen LogP contribution < -0.4 is 11.5 Å². The standard InChI is InChI=1S/C19H17N5O2/c1-2-26-19(25)15-16-18(23-13-9-5-4-8-12(13)22-16)24(17(15)21)14-10-6-3-7-11(14)20/h3-10H,2,20-21H2,1H3. The van der Waals surface area contributed by atoms with Crippen LogP contribution >= 0.6 is 0 Å². The Hall–Kier alpha value is -3.61. The molecule has 130 valence electrons. The monoisotopic (exact) mass is 347 g/mol. The summed E-state index contributed by atoms with van der Waals surface area (Å²) < 4.78 is 6.83. The zero-order valence-corrected chi connectivity index (χ0v) is 14.1. The number of nitrogens with zero attached hydrogens (tertiary/aromatic N) is 3. The van der Waals surface area contributed by atoms with E-state index in [1.807, 2.05) is 42.5 Å². The Morgan fingerprint density at radius 1 is 1.04 bits per heavy atom. The van der Waals surface area contributed by atoms with Crippen molar-refractivity contribution in [2.24, 2.45) is 0 Å². The summed E-state index contributed by atoms with van der Waals surface area (Å²) in [5.74, 6) is -0.334. The fraction of sp³-hybridized carbons (Fsp3) is 0.105. The second-order valence-corrected chi connectivity index (χ2v) is 5.76. The zero-order valence-electron chi connectivity index (χ0n) is 14.1. The van der Waals surface area contributed by atoms with Crippen molar-refractivity contribution in [1.82, 2.24) is 14.5 Å². The van der Waals surface area contributed by atoms with E-state index in [0.717, 1.165) is 0 Å². The molecule has 2 heterocycles. The van der Waals surface area contributed by atoms with Gasteiger partial charge in [-0.2, -0.15) is 0 Å². The molecule has 0 aliphatic heterocycles. The molecule has 0 unspecified atom stereocenters. The number of hydrogen-bond donors (Lipinski definition) is 2. The number of aromatic nitrogens is 3. The van der Waals surface area contributed by atoms with Gasteiger partial charge in [-0.05, 0) is 31.2 Å². The molecule has 2 aromatic carbocycles. The second-order valence-electron chi connectivity index (χ2n) is 5.76. The Bertz CT molecular complexity index is 1150. The van der Waals surface area contributed by atoms with Gasteiger partial charge < -0.3 is 16.2 Å². The summed E-state index contributed by atoms with van der Waals surface area (Å²) in [6.45, 7) is 1.98. The summed E-state index contributed by atoms with van der Waals surface area (Å²) in [7, 11) is 0. The van der Waals surface area contributed by atoms with E-state index in [2.05, 4.69) is 9.97 Å². The smallest absolute Gasteiger partial charge is 0.344 e. The summed E-state index contributed by atoms with van der Waals surface area (Å²) in [6, 6.07) is 14.7. The van der Waals surface area contributed by atoms with Gasteiger partial charge in [-0.1, -0.05) is 24.3 Å². The van der Waals surface area contributed by atoms with Crippen LogP contribution in [0.1, 0.15) is 17.3 Å². The highest BCUT2D eigenvalue weighted by molar-refractivity contribution is 6.09. The predicted octanol–water partition coefficient (Wildman–Crippen LogP) is 2.91. The van der Waals surface area contributed by atoms with Gasteiger partial charge in [0.05, 0.1) is 29.0 Å². The van der Waals surface area contributed by atoms with Crippen LogP contribution in [-0.4, -0.2) is 27.1 Å². The fourth-order valence-corrected chi connectivity index (χ4v) is 3.00. The number of anilines is 2. The number of fused-ring (bicyclic) bond motifs is 2. The van der Waals surface area contributed by atoms with E-state index in [1.54, 1.807) is 17.6 Å². The predicted molar refractivity (Wildman–Crippen MR) is 101 cm³/mol. The highest BCUT2D eigenvalue weighted by Gasteiger charge is 2.26. The van der Waals surface area contributed by atoms with Crippen molar-refractivity contribution in [2.45, 2.75) is 6.92 Å². The number of ether oxygens (including phenoxy) is 1. The molecular weight excluding hydrogens is 330 g/mol. The van der Waals surface area contributed by atoms with E-state index in [0.29, 0.717) is 33.6 Å².